The van der Waals surface area contributed by atoms with Gasteiger partial charge in [-0.05, 0) is 44.0 Å². The van der Waals surface area contributed by atoms with Gasteiger partial charge in [0.25, 0.3) is 0 Å². The number of pyridine rings is 1. The summed E-state index contributed by atoms with van der Waals surface area (Å²) in [7, 11) is -4.12. The lowest BCUT2D eigenvalue weighted by molar-refractivity contribution is 0.334. The highest BCUT2D eigenvalue weighted by atomic mass is 32.2. The number of benzene rings is 1. The summed E-state index contributed by atoms with van der Waals surface area (Å²) in [5.41, 5.74) is 3.66. The van der Waals surface area contributed by atoms with Crippen LogP contribution in [0.2, 0.25) is 0 Å². The fraction of sp³-hybridized carbons (Fsp3) is 0.391. The van der Waals surface area contributed by atoms with E-state index in [1.807, 2.05) is 29.8 Å². The lowest BCUT2D eigenvalue weighted by atomic mass is 10.1. The predicted octanol–water partition coefficient (Wildman–Crippen LogP) is 4.58. The van der Waals surface area contributed by atoms with Gasteiger partial charge in [-0.15, -0.1) is 0 Å². The van der Waals surface area contributed by atoms with Crippen molar-refractivity contribution in [1.29, 1.82) is 5.26 Å². The Labute approximate surface area is 185 Å². The SMILES string of the molecule is Cc1ccc2c(c1)c(C#N)c(-c1ccc(S(=O)(=O)NC(CF)CF)cn1)n2C1CCCC1. The first-order valence-corrected chi connectivity index (χ1v) is 12.0. The first kappa shape index (κ1) is 22.4. The highest BCUT2D eigenvalue weighted by Crippen LogP contribution is 2.41. The van der Waals surface area contributed by atoms with Crippen molar-refractivity contribution in [3.63, 3.8) is 0 Å². The Balaban J connectivity index is 1.83. The minimum absolute atomic E-state index is 0.189. The predicted molar refractivity (Wildman–Crippen MR) is 118 cm³/mol. The molecule has 9 heteroatoms. The second kappa shape index (κ2) is 8.96. The molecular formula is C23H24F2N4O2S. The summed E-state index contributed by atoms with van der Waals surface area (Å²) in [5, 5.41) is 10.8. The molecule has 2 heterocycles. The maximum atomic E-state index is 12.8. The van der Waals surface area contributed by atoms with Gasteiger partial charge >= 0.3 is 0 Å². The number of halogens is 2. The van der Waals surface area contributed by atoms with Gasteiger partial charge in [-0.3, -0.25) is 4.98 Å². The van der Waals surface area contributed by atoms with Gasteiger partial charge in [0.2, 0.25) is 10.0 Å². The van der Waals surface area contributed by atoms with Crippen LogP contribution in [-0.4, -0.2) is 37.4 Å². The minimum atomic E-state index is -4.12. The molecule has 0 bridgehead atoms. The van der Waals surface area contributed by atoms with E-state index in [4.69, 9.17) is 0 Å². The van der Waals surface area contributed by atoms with E-state index >= 15 is 0 Å². The number of nitrogens with one attached hydrogen (secondary N) is 1. The van der Waals surface area contributed by atoms with E-state index in [9.17, 15) is 22.5 Å². The second-order valence-electron chi connectivity index (χ2n) is 8.17. The smallest absolute Gasteiger partial charge is 0.242 e. The van der Waals surface area contributed by atoms with Gasteiger partial charge in [0.15, 0.2) is 0 Å². The zero-order chi connectivity index (χ0) is 22.9. The average Bonchev–Trinajstić information content (AvgIpc) is 3.43. The monoisotopic (exact) mass is 458 g/mol. The number of aryl methyl sites for hydroxylation is 1. The third kappa shape index (κ3) is 4.00. The number of alkyl halides is 2. The van der Waals surface area contributed by atoms with Crippen molar-refractivity contribution in [2.45, 2.75) is 49.6 Å². The largest absolute Gasteiger partial charge is 0.335 e. The van der Waals surface area contributed by atoms with Gasteiger partial charge in [-0.2, -0.15) is 5.26 Å². The van der Waals surface area contributed by atoms with Crippen LogP contribution in [-0.2, 0) is 10.0 Å². The number of rotatable bonds is 7. The molecule has 1 N–H and O–H groups in total. The molecule has 0 unspecified atom stereocenters. The van der Waals surface area contributed by atoms with Crippen LogP contribution < -0.4 is 4.72 Å². The number of fused-ring (bicyclic) bond motifs is 1. The summed E-state index contributed by atoms with van der Waals surface area (Å²) >= 11 is 0. The van der Waals surface area contributed by atoms with Crippen LogP contribution in [0.5, 0.6) is 0 Å². The third-order valence-corrected chi connectivity index (χ3v) is 7.45. The molecule has 1 aromatic carbocycles. The third-order valence-electron chi connectivity index (χ3n) is 5.94. The zero-order valence-electron chi connectivity index (χ0n) is 17.7. The van der Waals surface area contributed by atoms with Crippen LogP contribution in [0.4, 0.5) is 8.78 Å². The molecule has 6 nitrogen and oxygen atoms in total. The summed E-state index contributed by atoms with van der Waals surface area (Å²) < 4.78 is 54.6. The summed E-state index contributed by atoms with van der Waals surface area (Å²) in [4.78, 5) is 4.17. The van der Waals surface area contributed by atoms with Crippen molar-refractivity contribution in [3.05, 3.63) is 47.7 Å². The van der Waals surface area contributed by atoms with Crippen LogP contribution in [0, 0.1) is 18.3 Å². The molecule has 1 aliphatic carbocycles. The Bertz CT molecular complexity index is 1270. The first-order chi connectivity index (χ1) is 15.4. The molecular weight excluding hydrogens is 434 g/mol. The molecule has 168 valence electrons. The summed E-state index contributed by atoms with van der Waals surface area (Å²) in [6.07, 6.45) is 5.38. The maximum Gasteiger partial charge on any atom is 0.242 e. The van der Waals surface area contributed by atoms with Crippen molar-refractivity contribution in [1.82, 2.24) is 14.3 Å². The maximum absolute atomic E-state index is 12.8. The summed E-state index contributed by atoms with van der Waals surface area (Å²) in [6.45, 7) is -0.318. The topological polar surface area (TPSA) is 87.8 Å². The van der Waals surface area contributed by atoms with Crippen molar-refractivity contribution in [2.75, 3.05) is 13.3 Å². The zero-order valence-corrected chi connectivity index (χ0v) is 18.5. The van der Waals surface area contributed by atoms with Crippen molar-refractivity contribution < 1.29 is 17.2 Å². The van der Waals surface area contributed by atoms with Crippen molar-refractivity contribution in [2.24, 2.45) is 0 Å². The van der Waals surface area contributed by atoms with Crippen molar-refractivity contribution in [3.8, 4) is 17.5 Å². The van der Waals surface area contributed by atoms with Crippen LogP contribution in [0.15, 0.2) is 41.4 Å². The van der Waals surface area contributed by atoms with Gasteiger partial charge < -0.3 is 4.57 Å². The molecule has 1 aliphatic rings. The van der Waals surface area contributed by atoms with Gasteiger partial charge in [0, 0.05) is 17.6 Å². The van der Waals surface area contributed by atoms with Gasteiger partial charge in [-0.25, -0.2) is 21.9 Å². The number of hydrogen-bond acceptors (Lipinski definition) is 4. The molecule has 1 saturated carbocycles. The first-order valence-electron chi connectivity index (χ1n) is 10.5. The van der Waals surface area contributed by atoms with E-state index in [1.165, 1.54) is 6.07 Å². The molecule has 0 radical (unpaired) electrons. The average molecular weight is 459 g/mol. The van der Waals surface area contributed by atoms with Crippen molar-refractivity contribution >= 4 is 20.9 Å². The molecule has 1 fully saturated rings. The lowest BCUT2D eigenvalue weighted by Crippen LogP contribution is -2.37. The molecule has 0 spiro atoms. The van der Waals surface area contributed by atoms with Gasteiger partial charge in [0.05, 0.1) is 28.5 Å². The highest BCUT2D eigenvalue weighted by molar-refractivity contribution is 7.89. The van der Waals surface area contributed by atoms with E-state index < -0.39 is 29.4 Å². The Morgan fingerprint density at radius 2 is 1.94 bits per heavy atom. The molecule has 0 saturated heterocycles. The number of nitrogens with zero attached hydrogens (tertiary/aromatic N) is 3. The quantitative estimate of drug-likeness (QED) is 0.561. The number of hydrogen-bond donors (Lipinski definition) is 1. The fourth-order valence-electron chi connectivity index (χ4n) is 4.41. The normalized spacial score (nSPS) is 15.0. The van der Waals surface area contributed by atoms with E-state index in [1.54, 1.807) is 6.07 Å². The van der Waals surface area contributed by atoms with E-state index in [0.29, 0.717) is 17.0 Å². The van der Waals surface area contributed by atoms with E-state index in [-0.39, 0.29) is 10.9 Å². The van der Waals surface area contributed by atoms with Crippen LogP contribution in [0.1, 0.15) is 42.9 Å². The van der Waals surface area contributed by atoms with E-state index in [0.717, 1.165) is 48.3 Å². The summed E-state index contributed by atoms with van der Waals surface area (Å²) in [6, 6.07) is 10.0. The summed E-state index contributed by atoms with van der Waals surface area (Å²) in [5.74, 6) is 0. The fourth-order valence-corrected chi connectivity index (χ4v) is 5.55. The second-order valence-corrected chi connectivity index (χ2v) is 9.88. The number of nitriles is 1. The standard InChI is InChI=1S/C23H24F2N4O2S/c1-15-6-9-22-19(10-15)20(13-26)23(29(22)17-4-2-3-5-17)21-8-7-18(14-27-21)32(30,31)28-16(11-24)12-25/h6-10,14,16-17,28H,2-5,11-12H2,1H3. The molecule has 0 amide bonds. The molecule has 2 aromatic heterocycles. The molecule has 0 aliphatic heterocycles. The van der Waals surface area contributed by atoms with Gasteiger partial charge in [-0.1, -0.05) is 24.5 Å². The van der Waals surface area contributed by atoms with Crippen LogP contribution in [0.25, 0.3) is 22.3 Å². The van der Waals surface area contributed by atoms with Gasteiger partial charge in [0.1, 0.15) is 24.3 Å². The Morgan fingerprint density at radius 1 is 1.22 bits per heavy atom. The van der Waals surface area contributed by atoms with Crippen LogP contribution in [0.3, 0.4) is 0 Å². The van der Waals surface area contributed by atoms with Crippen LogP contribution >= 0.6 is 0 Å². The molecule has 4 rings (SSSR count). The molecule has 3 aromatic rings. The Hall–Kier alpha value is -2.83. The minimum Gasteiger partial charge on any atom is -0.335 e. The number of sulfonamides is 1. The molecule has 32 heavy (non-hydrogen) atoms. The Morgan fingerprint density at radius 3 is 2.53 bits per heavy atom. The number of aromatic nitrogens is 2. The van der Waals surface area contributed by atoms with E-state index in [2.05, 4.69) is 15.6 Å². The molecule has 0 atom stereocenters. The lowest BCUT2D eigenvalue weighted by Gasteiger charge is -2.18. The highest BCUT2D eigenvalue weighted by Gasteiger charge is 2.27. The Kier molecular flexibility index (Phi) is 6.26.